The van der Waals surface area contributed by atoms with Gasteiger partial charge in [0.2, 0.25) is 10.0 Å². The molecule has 0 aromatic heterocycles. The van der Waals surface area contributed by atoms with Crippen LogP contribution in [0.1, 0.15) is 33.1 Å². The number of benzene rings is 1. The van der Waals surface area contributed by atoms with Crippen LogP contribution >= 0.6 is 0 Å². The van der Waals surface area contributed by atoms with E-state index in [-0.39, 0.29) is 10.9 Å². The fraction of sp³-hybridized carbons (Fsp3) is 0.571. The Labute approximate surface area is 114 Å². The molecule has 2 atom stereocenters. The molecule has 1 saturated carbocycles. The van der Waals surface area contributed by atoms with Gasteiger partial charge in [-0.2, -0.15) is 0 Å². The van der Waals surface area contributed by atoms with Crippen molar-refractivity contribution in [2.45, 2.75) is 44.0 Å². The molecule has 2 rings (SSSR count). The lowest BCUT2D eigenvalue weighted by Gasteiger charge is -2.31. The monoisotopic (exact) mass is 285 g/mol. The molecular formula is C14H20FNO2S. The average molecular weight is 285 g/mol. The Morgan fingerprint density at radius 3 is 2.11 bits per heavy atom. The topological polar surface area (TPSA) is 46.2 Å². The van der Waals surface area contributed by atoms with E-state index in [0.717, 1.165) is 19.3 Å². The van der Waals surface area contributed by atoms with E-state index >= 15 is 0 Å². The fourth-order valence-electron chi connectivity index (χ4n) is 2.94. The van der Waals surface area contributed by atoms with Crippen LogP contribution in [0.5, 0.6) is 0 Å². The zero-order valence-corrected chi connectivity index (χ0v) is 12.1. The standard InChI is InChI=1S/C14H20FNO2S/c1-10-7-11(2)9-13(8-10)16-19(17,18)14-5-3-12(15)4-6-14/h3-6,10-11,13,16H,7-9H2,1-2H3. The molecule has 106 valence electrons. The summed E-state index contributed by atoms with van der Waals surface area (Å²) in [6.45, 7) is 4.30. The van der Waals surface area contributed by atoms with Gasteiger partial charge in [-0.05, 0) is 55.4 Å². The average Bonchev–Trinajstić information content (AvgIpc) is 2.27. The van der Waals surface area contributed by atoms with Crippen molar-refractivity contribution in [1.82, 2.24) is 4.72 Å². The second-order valence-electron chi connectivity index (χ2n) is 5.69. The predicted octanol–water partition coefficient (Wildman–Crippen LogP) is 2.93. The van der Waals surface area contributed by atoms with Crippen LogP contribution in [0.4, 0.5) is 4.39 Å². The first-order chi connectivity index (χ1) is 8.87. The number of nitrogens with one attached hydrogen (secondary N) is 1. The Hall–Kier alpha value is -0.940. The van der Waals surface area contributed by atoms with Crippen LogP contribution in [-0.2, 0) is 10.0 Å². The van der Waals surface area contributed by atoms with Gasteiger partial charge in [0.1, 0.15) is 5.82 Å². The Morgan fingerprint density at radius 2 is 1.58 bits per heavy atom. The van der Waals surface area contributed by atoms with Crippen molar-refractivity contribution in [2.24, 2.45) is 11.8 Å². The summed E-state index contributed by atoms with van der Waals surface area (Å²) in [5.74, 6) is 0.633. The van der Waals surface area contributed by atoms with Gasteiger partial charge in [0.15, 0.2) is 0 Å². The zero-order valence-electron chi connectivity index (χ0n) is 11.3. The minimum atomic E-state index is -3.54. The Kier molecular flexibility index (Phi) is 4.26. The first kappa shape index (κ1) is 14.5. The van der Waals surface area contributed by atoms with Gasteiger partial charge in [-0.3, -0.25) is 0 Å². The molecule has 0 bridgehead atoms. The first-order valence-electron chi connectivity index (χ1n) is 6.64. The molecule has 1 aromatic carbocycles. The summed E-state index contributed by atoms with van der Waals surface area (Å²) in [5, 5.41) is 0. The highest BCUT2D eigenvalue weighted by molar-refractivity contribution is 7.89. The largest absolute Gasteiger partial charge is 0.240 e. The Bertz CT molecular complexity index is 517. The lowest BCUT2D eigenvalue weighted by Crippen LogP contribution is -2.39. The maximum absolute atomic E-state index is 12.8. The van der Waals surface area contributed by atoms with Crippen molar-refractivity contribution in [3.8, 4) is 0 Å². The van der Waals surface area contributed by atoms with Crippen LogP contribution in [0.2, 0.25) is 0 Å². The highest BCUT2D eigenvalue weighted by Crippen LogP contribution is 2.29. The summed E-state index contributed by atoms with van der Waals surface area (Å²) in [4.78, 5) is 0.125. The maximum atomic E-state index is 12.8. The third-order valence-electron chi connectivity index (χ3n) is 3.62. The van der Waals surface area contributed by atoms with Crippen LogP contribution < -0.4 is 4.72 Å². The molecule has 1 aromatic rings. The fourth-order valence-corrected chi connectivity index (χ4v) is 4.21. The van der Waals surface area contributed by atoms with Crippen molar-refractivity contribution in [1.29, 1.82) is 0 Å². The molecular weight excluding hydrogens is 265 g/mol. The lowest BCUT2D eigenvalue weighted by atomic mass is 9.81. The zero-order chi connectivity index (χ0) is 14.0. The van der Waals surface area contributed by atoms with E-state index in [1.807, 2.05) is 0 Å². The summed E-state index contributed by atoms with van der Waals surface area (Å²) < 4.78 is 39.9. The minimum absolute atomic E-state index is 0.0196. The van der Waals surface area contributed by atoms with Gasteiger partial charge in [0.05, 0.1) is 4.90 Å². The molecule has 1 fully saturated rings. The third kappa shape index (κ3) is 3.76. The van der Waals surface area contributed by atoms with Gasteiger partial charge < -0.3 is 0 Å². The van der Waals surface area contributed by atoms with Crippen LogP contribution in [0, 0.1) is 17.7 Å². The molecule has 1 aliphatic rings. The minimum Gasteiger partial charge on any atom is -0.208 e. The van der Waals surface area contributed by atoms with Crippen molar-refractivity contribution in [3.63, 3.8) is 0 Å². The van der Waals surface area contributed by atoms with Crippen molar-refractivity contribution >= 4 is 10.0 Å². The van der Waals surface area contributed by atoms with Gasteiger partial charge in [-0.1, -0.05) is 13.8 Å². The normalized spacial score (nSPS) is 28.3. The van der Waals surface area contributed by atoms with Gasteiger partial charge in [0, 0.05) is 6.04 Å². The second-order valence-corrected chi connectivity index (χ2v) is 7.40. The SMILES string of the molecule is CC1CC(C)CC(NS(=O)(=O)c2ccc(F)cc2)C1. The van der Waals surface area contributed by atoms with E-state index in [0.29, 0.717) is 11.8 Å². The second kappa shape index (κ2) is 5.59. The lowest BCUT2D eigenvalue weighted by molar-refractivity contribution is 0.257. The maximum Gasteiger partial charge on any atom is 0.240 e. The molecule has 3 nitrogen and oxygen atoms in total. The van der Waals surface area contributed by atoms with Crippen LogP contribution in [0.15, 0.2) is 29.2 Å². The predicted molar refractivity (Wildman–Crippen MR) is 72.7 cm³/mol. The summed E-state index contributed by atoms with van der Waals surface area (Å²) in [6.07, 6.45) is 2.88. The van der Waals surface area contributed by atoms with Gasteiger partial charge in [-0.25, -0.2) is 17.5 Å². The van der Waals surface area contributed by atoms with E-state index in [2.05, 4.69) is 18.6 Å². The quantitative estimate of drug-likeness (QED) is 0.928. The van der Waals surface area contributed by atoms with E-state index in [1.165, 1.54) is 24.3 Å². The number of rotatable bonds is 3. The number of hydrogen-bond donors (Lipinski definition) is 1. The van der Waals surface area contributed by atoms with E-state index in [4.69, 9.17) is 0 Å². The highest BCUT2D eigenvalue weighted by Gasteiger charge is 2.27. The van der Waals surface area contributed by atoms with Crippen LogP contribution in [-0.4, -0.2) is 14.5 Å². The Morgan fingerprint density at radius 1 is 1.05 bits per heavy atom. The van der Waals surface area contributed by atoms with Gasteiger partial charge in [0.25, 0.3) is 0 Å². The molecule has 0 heterocycles. The molecule has 1 aliphatic carbocycles. The smallest absolute Gasteiger partial charge is 0.208 e. The van der Waals surface area contributed by atoms with E-state index in [9.17, 15) is 12.8 Å². The van der Waals surface area contributed by atoms with Crippen LogP contribution in [0.3, 0.4) is 0 Å². The highest BCUT2D eigenvalue weighted by atomic mass is 32.2. The molecule has 0 radical (unpaired) electrons. The molecule has 0 amide bonds. The Balaban J connectivity index is 2.10. The summed E-state index contributed by atoms with van der Waals surface area (Å²) in [6, 6.07) is 4.91. The summed E-state index contributed by atoms with van der Waals surface area (Å²) >= 11 is 0. The van der Waals surface area contributed by atoms with E-state index < -0.39 is 15.8 Å². The molecule has 5 heteroatoms. The summed E-state index contributed by atoms with van der Waals surface area (Å²) in [5.41, 5.74) is 0. The van der Waals surface area contributed by atoms with Gasteiger partial charge in [-0.15, -0.1) is 0 Å². The molecule has 19 heavy (non-hydrogen) atoms. The van der Waals surface area contributed by atoms with E-state index in [1.54, 1.807) is 0 Å². The van der Waals surface area contributed by atoms with Crippen molar-refractivity contribution in [2.75, 3.05) is 0 Å². The van der Waals surface area contributed by atoms with Gasteiger partial charge >= 0.3 is 0 Å². The number of sulfonamides is 1. The number of halogens is 1. The molecule has 1 N–H and O–H groups in total. The molecule has 0 aliphatic heterocycles. The molecule has 0 saturated heterocycles. The molecule has 2 unspecified atom stereocenters. The summed E-state index contributed by atoms with van der Waals surface area (Å²) in [7, 11) is -3.54. The molecule has 0 spiro atoms. The van der Waals surface area contributed by atoms with Crippen LogP contribution in [0.25, 0.3) is 0 Å². The van der Waals surface area contributed by atoms with Crippen molar-refractivity contribution < 1.29 is 12.8 Å². The third-order valence-corrected chi connectivity index (χ3v) is 5.16. The first-order valence-corrected chi connectivity index (χ1v) is 8.13. The number of hydrogen-bond acceptors (Lipinski definition) is 2. The van der Waals surface area contributed by atoms with Crippen molar-refractivity contribution in [3.05, 3.63) is 30.1 Å².